The highest BCUT2D eigenvalue weighted by Gasteiger charge is 2.13. The van der Waals surface area contributed by atoms with Crippen molar-refractivity contribution in [3.8, 4) is 5.69 Å². The van der Waals surface area contributed by atoms with Crippen molar-refractivity contribution in [3.63, 3.8) is 0 Å². The molecular weight excluding hydrogens is 302 g/mol. The summed E-state index contributed by atoms with van der Waals surface area (Å²) in [5.74, 6) is 0.692. The molecule has 5 heteroatoms. The summed E-state index contributed by atoms with van der Waals surface area (Å²) in [6.45, 7) is 5.18. The zero-order valence-electron chi connectivity index (χ0n) is 13.6. The highest BCUT2D eigenvalue weighted by atomic mass is 16.5. The lowest BCUT2D eigenvalue weighted by atomic mass is 10.2. The monoisotopic (exact) mass is 321 g/mol. The van der Waals surface area contributed by atoms with Gasteiger partial charge in [-0.2, -0.15) is 0 Å². The molecule has 24 heavy (non-hydrogen) atoms. The predicted molar refractivity (Wildman–Crippen MR) is 95.1 cm³/mol. The lowest BCUT2D eigenvalue weighted by Crippen LogP contribution is -2.36. The fourth-order valence-corrected chi connectivity index (χ4v) is 3.18. The van der Waals surface area contributed by atoms with E-state index in [1.807, 2.05) is 43.3 Å². The Balaban J connectivity index is 1.76. The normalized spacial score (nSPS) is 15.0. The number of hydrogen-bond acceptors (Lipinski definition) is 4. The molecule has 1 aromatic heterocycles. The molecule has 4 rings (SSSR count). The molecule has 0 spiro atoms. The number of aromatic nitrogens is 2. The van der Waals surface area contributed by atoms with Gasteiger partial charge in [-0.05, 0) is 43.3 Å². The zero-order valence-corrected chi connectivity index (χ0v) is 13.6. The van der Waals surface area contributed by atoms with E-state index < -0.39 is 0 Å². The summed E-state index contributed by atoms with van der Waals surface area (Å²) in [7, 11) is 0. The topological polar surface area (TPSA) is 47.4 Å². The van der Waals surface area contributed by atoms with Crippen molar-refractivity contribution >= 4 is 16.6 Å². The SMILES string of the molecule is Cc1nc2ccccc2c(=O)n1-c1ccc(N2CCOCC2)cc1. The van der Waals surface area contributed by atoms with Crippen LogP contribution in [0.3, 0.4) is 0 Å². The van der Waals surface area contributed by atoms with Gasteiger partial charge < -0.3 is 9.64 Å². The quantitative estimate of drug-likeness (QED) is 0.728. The molecule has 122 valence electrons. The van der Waals surface area contributed by atoms with Gasteiger partial charge in [0.1, 0.15) is 5.82 Å². The molecule has 0 aliphatic carbocycles. The molecule has 0 atom stereocenters. The van der Waals surface area contributed by atoms with Crippen LogP contribution in [0.5, 0.6) is 0 Å². The van der Waals surface area contributed by atoms with Gasteiger partial charge in [0.2, 0.25) is 0 Å². The molecule has 5 nitrogen and oxygen atoms in total. The third kappa shape index (κ3) is 2.57. The van der Waals surface area contributed by atoms with E-state index in [0.29, 0.717) is 11.2 Å². The summed E-state index contributed by atoms with van der Waals surface area (Å²) in [6.07, 6.45) is 0. The van der Waals surface area contributed by atoms with E-state index in [1.54, 1.807) is 4.57 Å². The van der Waals surface area contributed by atoms with E-state index in [0.717, 1.165) is 43.2 Å². The van der Waals surface area contributed by atoms with E-state index in [2.05, 4.69) is 22.0 Å². The predicted octanol–water partition coefficient (Wildman–Crippen LogP) is 2.53. The number of para-hydroxylation sites is 1. The fourth-order valence-electron chi connectivity index (χ4n) is 3.18. The number of anilines is 1. The van der Waals surface area contributed by atoms with Crippen molar-refractivity contribution < 1.29 is 4.74 Å². The summed E-state index contributed by atoms with van der Waals surface area (Å²) < 4.78 is 7.06. The molecule has 1 saturated heterocycles. The molecule has 1 aliphatic heterocycles. The third-order valence-corrected chi connectivity index (χ3v) is 4.43. The molecular formula is C19H19N3O2. The van der Waals surface area contributed by atoms with Crippen LogP contribution < -0.4 is 10.5 Å². The largest absolute Gasteiger partial charge is 0.378 e. The Bertz CT molecular complexity index is 925. The van der Waals surface area contributed by atoms with Crippen LogP contribution in [0.25, 0.3) is 16.6 Å². The summed E-state index contributed by atoms with van der Waals surface area (Å²) in [5.41, 5.74) is 2.70. The number of nitrogens with zero attached hydrogens (tertiary/aromatic N) is 3. The molecule has 2 heterocycles. The van der Waals surface area contributed by atoms with E-state index in [1.165, 1.54) is 0 Å². The number of benzene rings is 2. The zero-order chi connectivity index (χ0) is 16.5. The highest BCUT2D eigenvalue weighted by molar-refractivity contribution is 5.77. The number of aryl methyl sites for hydroxylation is 1. The highest BCUT2D eigenvalue weighted by Crippen LogP contribution is 2.19. The van der Waals surface area contributed by atoms with Crippen LogP contribution in [-0.2, 0) is 4.74 Å². The van der Waals surface area contributed by atoms with Crippen LogP contribution in [0.15, 0.2) is 53.3 Å². The third-order valence-electron chi connectivity index (χ3n) is 4.43. The Morgan fingerprint density at radius 3 is 2.38 bits per heavy atom. The second kappa shape index (κ2) is 6.09. The first-order chi connectivity index (χ1) is 11.7. The second-order valence-corrected chi connectivity index (χ2v) is 5.93. The molecule has 1 fully saturated rings. The first kappa shape index (κ1) is 14.9. The fraction of sp³-hybridized carbons (Fsp3) is 0.263. The van der Waals surface area contributed by atoms with Gasteiger partial charge in [-0.1, -0.05) is 12.1 Å². The van der Waals surface area contributed by atoms with Gasteiger partial charge in [-0.15, -0.1) is 0 Å². The van der Waals surface area contributed by atoms with Crippen LogP contribution in [0.4, 0.5) is 5.69 Å². The van der Waals surface area contributed by atoms with E-state index in [-0.39, 0.29) is 5.56 Å². The minimum absolute atomic E-state index is 0.0303. The van der Waals surface area contributed by atoms with Crippen LogP contribution >= 0.6 is 0 Å². The summed E-state index contributed by atoms with van der Waals surface area (Å²) >= 11 is 0. The van der Waals surface area contributed by atoms with Crippen molar-refractivity contribution in [1.82, 2.24) is 9.55 Å². The van der Waals surface area contributed by atoms with Crippen molar-refractivity contribution in [2.75, 3.05) is 31.2 Å². The van der Waals surface area contributed by atoms with Gasteiger partial charge in [-0.25, -0.2) is 4.98 Å². The minimum Gasteiger partial charge on any atom is -0.378 e. The maximum Gasteiger partial charge on any atom is 0.265 e. The molecule has 0 saturated carbocycles. The Kier molecular flexibility index (Phi) is 3.78. The Morgan fingerprint density at radius 1 is 0.958 bits per heavy atom. The molecule has 0 radical (unpaired) electrons. The summed E-state index contributed by atoms with van der Waals surface area (Å²) in [6, 6.07) is 15.5. The van der Waals surface area contributed by atoms with Gasteiger partial charge in [0.25, 0.3) is 5.56 Å². The van der Waals surface area contributed by atoms with Gasteiger partial charge in [0, 0.05) is 18.8 Å². The lowest BCUT2D eigenvalue weighted by Gasteiger charge is -2.29. The summed E-state index contributed by atoms with van der Waals surface area (Å²) in [4.78, 5) is 19.7. The average molecular weight is 321 g/mol. The van der Waals surface area contributed by atoms with Crippen LogP contribution in [0, 0.1) is 6.92 Å². The molecule has 0 unspecified atom stereocenters. The Morgan fingerprint density at radius 2 is 1.62 bits per heavy atom. The number of hydrogen-bond donors (Lipinski definition) is 0. The van der Waals surface area contributed by atoms with Crippen LogP contribution in [0.1, 0.15) is 5.82 Å². The molecule has 1 aliphatic rings. The number of fused-ring (bicyclic) bond motifs is 1. The van der Waals surface area contributed by atoms with Gasteiger partial charge in [0.05, 0.1) is 29.8 Å². The number of morpholine rings is 1. The summed E-state index contributed by atoms with van der Waals surface area (Å²) in [5, 5.41) is 0.639. The molecule has 0 amide bonds. The molecule has 0 N–H and O–H groups in total. The van der Waals surface area contributed by atoms with Crippen molar-refractivity contribution in [2.24, 2.45) is 0 Å². The van der Waals surface area contributed by atoms with Gasteiger partial charge in [0.15, 0.2) is 0 Å². The van der Waals surface area contributed by atoms with E-state index >= 15 is 0 Å². The molecule has 3 aromatic rings. The van der Waals surface area contributed by atoms with Gasteiger partial charge in [-0.3, -0.25) is 9.36 Å². The second-order valence-electron chi connectivity index (χ2n) is 5.93. The van der Waals surface area contributed by atoms with Crippen LogP contribution in [-0.4, -0.2) is 35.9 Å². The van der Waals surface area contributed by atoms with E-state index in [9.17, 15) is 4.79 Å². The van der Waals surface area contributed by atoms with Crippen molar-refractivity contribution in [1.29, 1.82) is 0 Å². The first-order valence-electron chi connectivity index (χ1n) is 8.15. The molecule has 2 aromatic carbocycles. The van der Waals surface area contributed by atoms with Gasteiger partial charge >= 0.3 is 0 Å². The Hall–Kier alpha value is -2.66. The number of ether oxygens (including phenoxy) is 1. The van der Waals surface area contributed by atoms with E-state index in [4.69, 9.17) is 4.74 Å². The van der Waals surface area contributed by atoms with Crippen molar-refractivity contribution in [3.05, 3.63) is 64.7 Å². The van der Waals surface area contributed by atoms with Crippen LogP contribution in [0.2, 0.25) is 0 Å². The lowest BCUT2D eigenvalue weighted by molar-refractivity contribution is 0.122. The standard InChI is InChI=1S/C19H19N3O2/c1-14-20-18-5-3-2-4-17(18)19(23)22(14)16-8-6-15(7-9-16)21-10-12-24-13-11-21/h2-9H,10-13H2,1H3. The molecule has 0 bridgehead atoms. The Labute approximate surface area is 140 Å². The minimum atomic E-state index is -0.0303. The maximum absolute atomic E-state index is 12.8. The number of rotatable bonds is 2. The maximum atomic E-state index is 12.8. The van der Waals surface area contributed by atoms with Crippen molar-refractivity contribution in [2.45, 2.75) is 6.92 Å². The first-order valence-corrected chi connectivity index (χ1v) is 8.15. The average Bonchev–Trinajstić information content (AvgIpc) is 2.63. The smallest absolute Gasteiger partial charge is 0.265 e.